The number of ether oxygens (including phenoxy) is 2. The molecular weight excluding hydrogens is 302 g/mol. The highest BCUT2D eigenvalue weighted by atomic mass is 32.2. The molecule has 2 aliphatic heterocycles. The van der Waals surface area contributed by atoms with Crippen molar-refractivity contribution in [1.29, 1.82) is 0 Å². The Balaban J connectivity index is 1.89. The Morgan fingerprint density at radius 3 is 2.76 bits per heavy atom. The van der Waals surface area contributed by atoms with Crippen molar-refractivity contribution in [3.05, 3.63) is 0 Å². The van der Waals surface area contributed by atoms with Gasteiger partial charge >= 0.3 is 6.09 Å². The molecule has 3 atom stereocenters. The molecule has 0 aromatic carbocycles. The van der Waals surface area contributed by atoms with Crippen LogP contribution in [0.5, 0.6) is 0 Å². The van der Waals surface area contributed by atoms with Gasteiger partial charge in [-0.15, -0.1) is 0 Å². The molecule has 21 heavy (non-hydrogen) atoms. The van der Waals surface area contributed by atoms with Gasteiger partial charge in [-0.25, -0.2) is 4.79 Å². The molecule has 0 aromatic heterocycles. The summed E-state index contributed by atoms with van der Waals surface area (Å²) in [6, 6.07) is -0.522. The molecule has 0 aliphatic carbocycles. The summed E-state index contributed by atoms with van der Waals surface area (Å²) >= 11 is 0. The molecule has 0 aromatic rings. The molecule has 0 bridgehead atoms. The molecule has 2 heterocycles. The van der Waals surface area contributed by atoms with E-state index in [-0.39, 0.29) is 25.5 Å². The fourth-order valence-corrected chi connectivity index (χ4v) is 3.00. The molecule has 122 valence electrons. The molecule has 1 unspecified atom stereocenters. The van der Waals surface area contributed by atoms with E-state index < -0.39 is 22.3 Å². The average molecular weight is 323 g/mol. The molecule has 0 saturated carbocycles. The monoisotopic (exact) mass is 323 g/mol. The van der Waals surface area contributed by atoms with Gasteiger partial charge in [0.25, 0.3) is 10.1 Å². The van der Waals surface area contributed by atoms with Crippen LogP contribution in [0.3, 0.4) is 0 Å². The number of rotatable bonds is 5. The van der Waals surface area contributed by atoms with Crippen molar-refractivity contribution in [2.75, 3.05) is 26.0 Å². The van der Waals surface area contributed by atoms with Crippen molar-refractivity contribution in [2.45, 2.75) is 44.1 Å². The largest absolute Gasteiger partial charge is 0.465 e. The van der Waals surface area contributed by atoms with E-state index in [0.717, 1.165) is 25.5 Å². The highest BCUT2D eigenvalue weighted by Gasteiger charge is 2.38. The molecular formula is C12H21NO7S. The van der Waals surface area contributed by atoms with Gasteiger partial charge in [0.15, 0.2) is 6.29 Å². The SMILES string of the molecule is CS(=O)(=O)OC[C@@H]1C[C@H](OC2CCCCO2)CN1C(=O)O. The Kier molecular flexibility index (Phi) is 5.42. The summed E-state index contributed by atoms with van der Waals surface area (Å²) in [6.45, 7) is 0.671. The minimum Gasteiger partial charge on any atom is -0.465 e. The molecule has 0 spiro atoms. The van der Waals surface area contributed by atoms with Crippen LogP contribution in [0.2, 0.25) is 0 Å². The van der Waals surface area contributed by atoms with Gasteiger partial charge in [-0.1, -0.05) is 0 Å². The van der Waals surface area contributed by atoms with Gasteiger partial charge in [0.2, 0.25) is 0 Å². The van der Waals surface area contributed by atoms with Crippen molar-refractivity contribution >= 4 is 16.2 Å². The first-order valence-electron chi connectivity index (χ1n) is 6.96. The van der Waals surface area contributed by atoms with Gasteiger partial charge in [-0.05, 0) is 25.7 Å². The Labute approximate surface area is 124 Å². The second-order valence-electron chi connectivity index (χ2n) is 5.37. The Bertz CT molecular complexity index is 460. The van der Waals surface area contributed by atoms with E-state index in [0.29, 0.717) is 13.0 Å². The third kappa shape index (κ3) is 5.10. The van der Waals surface area contributed by atoms with Crippen molar-refractivity contribution in [3.63, 3.8) is 0 Å². The van der Waals surface area contributed by atoms with Crippen LogP contribution in [0.1, 0.15) is 25.7 Å². The number of nitrogens with zero attached hydrogens (tertiary/aromatic N) is 1. The van der Waals surface area contributed by atoms with E-state index >= 15 is 0 Å². The molecule has 1 N–H and O–H groups in total. The number of hydrogen-bond donors (Lipinski definition) is 1. The number of carbonyl (C=O) groups is 1. The van der Waals surface area contributed by atoms with E-state index in [1.54, 1.807) is 0 Å². The topological polar surface area (TPSA) is 102 Å². The third-order valence-corrected chi connectivity index (χ3v) is 4.14. The molecule has 8 nitrogen and oxygen atoms in total. The lowest BCUT2D eigenvalue weighted by molar-refractivity contribution is -0.184. The van der Waals surface area contributed by atoms with Gasteiger partial charge in [-0.2, -0.15) is 8.42 Å². The summed E-state index contributed by atoms with van der Waals surface area (Å²) in [6.07, 6.45) is 2.49. The van der Waals surface area contributed by atoms with Gasteiger partial charge in [-0.3, -0.25) is 4.18 Å². The number of likely N-dealkylation sites (tertiary alicyclic amines) is 1. The maximum atomic E-state index is 11.2. The maximum absolute atomic E-state index is 11.2. The second-order valence-corrected chi connectivity index (χ2v) is 7.01. The van der Waals surface area contributed by atoms with E-state index in [2.05, 4.69) is 0 Å². The van der Waals surface area contributed by atoms with Crippen LogP contribution in [-0.2, 0) is 23.8 Å². The fourth-order valence-electron chi connectivity index (χ4n) is 2.60. The number of carboxylic acid groups (broad SMARTS) is 1. The first kappa shape index (κ1) is 16.5. The lowest BCUT2D eigenvalue weighted by Crippen LogP contribution is -2.38. The third-order valence-electron chi connectivity index (χ3n) is 3.58. The summed E-state index contributed by atoms with van der Waals surface area (Å²) < 4.78 is 38.0. The first-order valence-corrected chi connectivity index (χ1v) is 8.78. The lowest BCUT2D eigenvalue weighted by atomic mass is 10.2. The van der Waals surface area contributed by atoms with Crippen molar-refractivity contribution in [2.24, 2.45) is 0 Å². The van der Waals surface area contributed by atoms with Crippen molar-refractivity contribution in [3.8, 4) is 0 Å². The van der Waals surface area contributed by atoms with Crippen LogP contribution in [-0.4, -0.2) is 69.0 Å². The molecule has 2 rings (SSSR count). The zero-order valence-corrected chi connectivity index (χ0v) is 12.8. The standard InChI is InChI=1S/C12H21NO7S/c1-21(16,17)19-8-9-6-10(7-13(9)12(14)15)20-11-4-2-3-5-18-11/h9-11H,2-8H2,1H3,(H,14,15)/t9-,10-,11?/m0/s1. The van der Waals surface area contributed by atoms with E-state index in [1.807, 2.05) is 0 Å². The quantitative estimate of drug-likeness (QED) is 0.740. The van der Waals surface area contributed by atoms with Crippen LogP contribution in [0.25, 0.3) is 0 Å². The highest BCUT2D eigenvalue weighted by Crippen LogP contribution is 2.25. The normalized spacial score (nSPS) is 30.5. The smallest absolute Gasteiger partial charge is 0.407 e. The zero-order chi connectivity index (χ0) is 15.5. The summed E-state index contributed by atoms with van der Waals surface area (Å²) in [5.74, 6) is 0. The lowest BCUT2D eigenvalue weighted by Gasteiger charge is -2.25. The van der Waals surface area contributed by atoms with E-state index in [1.165, 1.54) is 4.90 Å². The molecule has 9 heteroatoms. The molecule has 2 saturated heterocycles. The first-order chi connectivity index (χ1) is 9.85. The maximum Gasteiger partial charge on any atom is 0.407 e. The van der Waals surface area contributed by atoms with Crippen LogP contribution in [0.4, 0.5) is 4.79 Å². The van der Waals surface area contributed by atoms with Crippen LogP contribution >= 0.6 is 0 Å². The fraction of sp³-hybridized carbons (Fsp3) is 0.917. The second kappa shape index (κ2) is 6.91. The molecule has 1 amide bonds. The zero-order valence-electron chi connectivity index (χ0n) is 11.9. The average Bonchev–Trinajstić information content (AvgIpc) is 2.80. The predicted octanol–water partition coefficient (Wildman–Crippen LogP) is 0.627. The summed E-state index contributed by atoms with van der Waals surface area (Å²) in [5.41, 5.74) is 0. The Morgan fingerprint density at radius 2 is 2.19 bits per heavy atom. The van der Waals surface area contributed by atoms with E-state index in [4.69, 9.17) is 13.7 Å². The Hall–Kier alpha value is -0.900. The van der Waals surface area contributed by atoms with Gasteiger partial charge in [0.05, 0.1) is 31.6 Å². The minimum atomic E-state index is -3.59. The number of hydrogen-bond acceptors (Lipinski definition) is 6. The predicted molar refractivity (Wildman–Crippen MR) is 72.4 cm³/mol. The van der Waals surface area contributed by atoms with Crippen LogP contribution < -0.4 is 0 Å². The van der Waals surface area contributed by atoms with Crippen LogP contribution in [0, 0.1) is 0 Å². The van der Waals surface area contributed by atoms with Crippen LogP contribution in [0.15, 0.2) is 0 Å². The van der Waals surface area contributed by atoms with Gasteiger partial charge in [0, 0.05) is 6.61 Å². The summed E-state index contributed by atoms with van der Waals surface area (Å²) in [4.78, 5) is 12.4. The molecule has 0 radical (unpaired) electrons. The van der Waals surface area contributed by atoms with Gasteiger partial charge in [0.1, 0.15) is 0 Å². The minimum absolute atomic E-state index is 0.184. The van der Waals surface area contributed by atoms with Crippen molar-refractivity contribution < 1.29 is 32.0 Å². The summed E-state index contributed by atoms with van der Waals surface area (Å²) in [5, 5.41) is 9.17. The molecule has 2 aliphatic rings. The van der Waals surface area contributed by atoms with E-state index in [9.17, 15) is 18.3 Å². The molecule has 2 fully saturated rings. The Morgan fingerprint density at radius 1 is 1.43 bits per heavy atom. The van der Waals surface area contributed by atoms with Crippen molar-refractivity contribution in [1.82, 2.24) is 4.90 Å². The summed E-state index contributed by atoms with van der Waals surface area (Å²) in [7, 11) is -3.59. The number of amides is 1. The highest BCUT2D eigenvalue weighted by molar-refractivity contribution is 7.85. The van der Waals surface area contributed by atoms with Gasteiger partial charge < -0.3 is 19.5 Å².